The maximum absolute atomic E-state index is 10.5. The summed E-state index contributed by atoms with van der Waals surface area (Å²) in [4.78, 5) is 15.0. The highest BCUT2D eigenvalue weighted by Gasteiger charge is 2.10. The zero-order chi connectivity index (χ0) is 13.2. The van der Waals surface area contributed by atoms with E-state index in [1.807, 2.05) is 24.3 Å². The monoisotopic (exact) mass is 274 g/mol. The summed E-state index contributed by atoms with van der Waals surface area (Å²) in [6.07, 6.45) is 1.75. The second-order valence-electron chi connectivity index (χ2n) is 4.00. The number of aromatic nitrogens is 4. The van der Waals surface area contributed by atoms with Crippen molar-refractivity contribution in [2.45, 2.75) is 13.0 Å². The van der Waals surface area contributed by atoms with Crippen LogP contribution in [0.15, 0.2) is 30.5 Å². The quantitative estimate of drug-likeness (QED) is 0.787. The van der Waals surface area contributed by atoms with Gasteiger partial charge in [0.15, 0.2) is 0 Å². The van der Waals surface area contributed by atoms with E-state index in [0.29, 0.717) is 12.2 Å². The highest BCUT2D eigenvalue weighted by atomic mass is 32.1. The van der Waals surface area contributed by atoms with E-state index in [0.717, 1.165) is 15.2 Å². The van der Waals surface area contributed by atoms with E-state index in [1.54, 1.807) is 17.5 Å². The van der Waals surface area contributed by atoms with Crippen molar-refractivity contribution in [2.24, 2.45) is 0 Å². The number of para-hydroxylation sites is 1. The Morgan fingerprint density at radius 2 is 2.21 bits per heavy atom. The number of aryl methyl sites for hydroxylation is 1. The molecular formula is C12H10N4O2S. The maximum Gasteiger partial charge on any atom is 0.305 e. The number of benzene rings is 1. The van der Waals surface area contributed by atoms with Crippen molar-refractivity contribution in [1.82, 2.24) is 20.0 Å². The summed E-state index contributed by atoms with van der Waals surface area (Å²) in [5.41, 5.74) is 1.61. The van der Waals surface area contributed by atoms with Crippen LogP contribution in [0.25, 0.3) is 20.9 Å². The van der Waals surface area contributed by atoms with Crippen LogP contribution < -0.4 is 0 Å². The Kier molecular flexibility index (Phi) is 2.96. The molecule has 0 unspecified atom stereocenters. The summed E-state index contributed by atoms with van der Waals surface area (Å²) in [5, 5.41) is 17.3. The molecule has 0 bridgehead atoms. The molecule has 0 aliphatic rings. The molecule has 2 aromatic heterocycles. The number of carboxylic acids is 1. The predicted octanol–water partition coefficient (Wildman–Crippen LogP) is 2.03. The van der Waals surface area contributed by atoms with Gasteiger partial charge in [0.1, 0.15) is 10.7 Å². The highest BCUT2D eigenvalue weighted by molar-refractivity contribution is 7.21. The number of rotatable bonds is 4. The Balaban J connectivity index is 1.87. The minimum Gasteiger partial charge on any atom is -0.481 e. The molecule has 7 heteroatoms. The molecule has 3 aromatic rings. The number of fused-ring (bicyclic) bond motifs is 1. The van der Waals surface area contributed by atoms with Gasteiger partial charge in [-0.2, -0.15) is 0 Å². The third kappa shape index (κ3) is 2.45. The van der Waals surface area contributed by atoms with Gasteiger partial charge in [-0.25, -0.2) is 4.98 Å². The summed E-state index contributed by atoms with van der Waals surface area (Å²) in [6.45, 7) is 0.313. The van der Waals surface area contributed by atoms with Gasteiger partial charge in [0.05, 0.1) is 29.4 Å². The van der Waals surface area contributed by atoms with Crippen molar-refractivity contribution < 1.29 is 9.90 Å². The summed E-state index contributed by atoms with van der Waals surface area (Å²) in [5.74, 6) is -0.850. The van der Waals surface area contributed by atoms with E-state index in [4.69, 9.17) is 5.11 Å². The van der Waals surface area contributed by atoms with Crippen LogP contribution >= 0.6 is 11.3 Å². The van der Waals surface area contributed by atoms with E-state index in [-0.39, 0.29) is 6.42 Å². The van der Waals surface area contributed by atoms with Crippen LogP contribution in [0.1, 0.15) is 6.42 Å². The molecule has 0 radical (unpaired) electrons. The smallest absolute Gasteiger partial charge is 0.305 e. The molecule has 0 saturated carbocycles. The Labute approximate surface area is 112 Å². The van der Waals surface area contributed by atoms with E-state index >= 15 is 0 Å². The van der Waals surface area contributed by atoms with Gasteiger partial charge in [-0.1, -0.05) is 17.3 Å². The van der Waals surface area contributed by atoms with Gasteiger partial charge in [0.25, 0.3) is 0 Å². The molecule has 2 heterocycles. The van der Waals surface area contributed by atoms with Crippen LogP contribution in [0.5, 0.6) is 0 Å². The van der Waals surface area contributed by atoms with Crippen LogP contribution in [0, 0.1) is 0 Å². The van der Waals surface area contributed by atoms with E-state index in [9.17, 15) is 4.79 Å². The molecular weight excluding hydrogens is 264 g/mol. The van der Waals surface area contributed by atoms with E-state index in [1.165, 1.54) is 4.68 Å². The fourth-order valence-corrected chi connectivity index (χ4v) is 2.61. The first-order valence-corrected chi connectivity index (χ1v) is 6.52. The zero-order valence-electron chi connectivity index (χ0n) is 9.85. The van der Waals surface area contributed by atoms with Crippen molar-refractivity contribution >= 4 is 27.5 Å². The summed E-state index contributed by atoms with van der Waals surface area (Å²) in [7, 11) is 0. The highest BCUT2D eigenvalue weighted by Crippen LogP contribution is 2.28. The molecule has 0 atom stereocenters. The summed E-state index contributed by atoms with van der Waals surface area (Å²) < 4.78 is 2.62. The molecule has 0 aliphatic heterocycles. The second-order valence-corrected chi connectivity index (χ2v) is 5.03. The summed E-state index contributed by atoms with van der Waals surface area (Å²) >= 11 is 1.54. The van der Waals surface area contributed by atoms with Crippen molar-refractivity contribution in [2.75, 3.05) is 0 Å². The minimum atomic E-state index is -0.850. The van der Waals surface area contributed by atoms with Gasteiger partial charge < -0.3 is 5.11 Å². The van der Waals surface area contributed by atoms with Crippen LogP contribution in [0.4, 0.5) is 0 Å². The Morgan fingerprint density at radius 3 is 3.00 bits per heavy atom. The molecule has 6 nitrogen and oxygen atoms in total. The SMILES string of the molecule is O=C(O)CCn1cc(-c2nc3ccccc3s2)nn1. The number of carboxylic acid groups (broad SMARTS) is 1. The average molecular weight is 274 g/mol. The molecule has 19 heavy (non-hydrogen) atoms. The van der Waals surface area contributed by atoms with Crippen LogP contribution in [-0.4, -0.2) is 31.1 Å². The largest absolute Gasteiger partial charge is 0.481 e. The van der Waals surface area contributed by atoms with Gasteiger partial charge >= 0.3 is 5.97 Å². The lowest BCUT2D eigenvalue weighted by molar-refractivity contribution is -0.137. The van der Waals surface area contributed by atoms with Gasteiger partial charge in [-0.3, -0.25) is 9.48 Å². The molecule has 1 aromatic carbocycles. The first-order chi connectivity index (χ1) is 9.22. The number of hydrogen-bond acceptors (Lipinski definition) is 5. The summed E-state index contributed by atoms with van der Waals surface area (Å²) in [6, 6.07) is 7.86. The van der Waals surface area contributed by atoms with Gasteiger partial charge in [0, 0.05) is 0 Å². The number of thiazole rings is 1. The molecule has 1 N–H and O–H groups in total. The van der Waals surface area contributed by atoms with Crippen LogP contribution in [-0.2, 0) is 11.3 Å². The van der Waals surface area contributed by atoms with Crippen LogP contribution in [0.2, 0.25) is 0 Å². The first-order valence-electron chi connectivity index (χ1n) is 5.70. The third-order valence-corrected chi connectivity index (χ3v) is 3.67. The molecule has 96 valence electrons. The van der Waals surface area contributed by atoms with E-state index in [2.05, 4.69) is 15.3 Å². The third-order valence-electron chi connectivity index (χ3n) is 2.61. The van der Waals surface area contributed by atoms with Crippen molar-refractivity contribution in [1.29, 1.82) is 0 Å². The number of hydrogen-bond donors (Lipinski definition) is 1. The Bertz CT molecular complexity index is 701. The lowest BCUT2D eigenvalue weighted by Gasteiger charge is -1.93. The molecule has 0 saturated heterocycles. The maximum atomic E-state index is 10.5. The lowest BCUT2D eigenvalue weighted by Crippen LogP contribution is -2.04. The fourth-order valence-electron chi connectivity index (χ4n) is 1.70. The Morgan fingerprint density at radius 1 is 1.37 bits per heavy atom. The first kappa shape index (κ1) is 11.8. The molecule has 3 rings (SSSR count). The second kappa shape index (κ2) is 4.77. The molecule has 0 fully saturated rings. The van der Waals surface area contributed by atoms with E-state index < -0.39 is 5.97 Å². The average Bonchev–Trinajstić information content (AvgIpc) is 3.02. The zero-order valence-corrected chi connectivity index (χ0v) is 10.7. The van der Waals surface area contributed by atoms with Gasteiger partial charge in [0.2, 0.25) is 0 Å². The normalized spacial score (nSPS) is 10.9. The molecule has 0 spiro atoms. The molecule has 0 amide bonds. The number of aliphatic carboxylic acids is 1. The standard InChI is InChI=1S/C12H10N4O2S/c17-11(18)5-6-16-7-9(14-15-16)12-13-8-3-1-2-4-10(8)19-12/h1-4,7H,5-6H2,(H,17,18). The fraction of sp³-hybridized carbons (Fsp3) is 0.167. The van der Waals surface area contributed by atoms with Crippen molar-refractivity contribution in [3.05, 3.63) is 30.5 Å². The van der Waals surface area contributed by atoms with Crippen molar-refractivity contribution in [3.63, 3.8) is 0 Å². The lowest BCUT2D eigenvalue weighted by atomic mass is 10.3. The Hall–Kier alpha value is -2.28. The topological polar surface area (TPSA) is 80.9 Å². The minimum absolute atomic E-state index is 0.0304. The van der Waals surface area contributed by atoms with Crippen molar-refractivity contribution in [3.8, 4) is 10.7 Å². The van der Waals surface area contributed by atoms with Gasteiger partial charge in [-0.15, -0.1) is 16.4 Å². The predicted molar refractivity (Wildman–Crippen MR) is 70.9 cm³/mol. The molecule has 0 aliphatic carbocycles. The van der Waals surface area contributed by atoms with Crippen LogP contribution in [0.3, 0.4) is 0 Å². The number of carbonyl (C=O) groups is 1. The van der Waals surface area contributed by atoms with Gasteiger partial charge in [-0.05, 0) is 12.1 Å². The number of nitrogens with zero attached hydrogens (tertiary/aromatic N) is 4.